The molecule has 3 rings (SSSR count). The highest BCUT2D eigenvalue weighted by molar-refractivity contribution is 5.79. The Labute approximate surface area is 120 Å². The Bertz CT molecular complexity index is 463. The van der Waals surface area contributed by atoms with Gasteiger partial charge >= 0.3 is 0 Å². The number of likely N-dealkylation sites (tertiary alicyclic amines) is 2. The second-order valence-electron chi connectivity index (χ2n) is 6.03. The number of hydrogen-bond donors (Lipinski definition) is 1. The molecule has 0 bridgehead atoms. The summed E-state index contributed by atoms with van der Waals surface area (Å²) in [6, 6.07) is 10.5. The molecule has 4 nitrogen and oxygen atoms in total. The first kappa shape index (κ1) is 13.6. The molecule has 4 heteroatoms. The Kier molecular flexibility index (Phi) is 4.03. The number of β-amino-alcohol motifs (C(OH)–C–C–N with tert-alkyl or cyclic N) is 1. The summed E-state index contributed by atoms with van der Waals surface area (Å²) in [4.78, 5) is 16.0. The number of hydrogen-bond acceptors (Lipinski definition) is 3. The summed E-state index contributed by atoms with van der Waals surface area (Å²) in [5.74, 6) is 0.659. The highest BCUT2D eigenvalue weighted by atomic mass is 16.3. The second kappa shape index (κ2) is 5.94. The van der Waals surface area contributed by atoms with Crippen LogP contribution in [0.3, 0.4) is 0 Å². The molecular weight excluding hydrogens is 252 g/mol. The maximum atomic E-state index is 11.7. The molecule has 2 heterocycles. The van der Waals surface area contributed by atoms with Gasteiger partial charge in [-0.1, -0.05) is 30.3 Å². The number of carbonyl (C=O) groups excluding carboxylic acids is 1. The van der Waals surface area contributed by atoms with E-state index in [-0.39, 0.29) is 5.91 Å². The summed E-state index contributed by atoms with van der Waals surface area (Å²) in [7, 11) is 0. The molecule has 20 heavy (non-hydrogen) atoms. The summed E-state index contributed by atoms with van der Waals surface area (Å²) in [6.07, 6.45) is 0.997. The number of carbonyl (C=O) groups is 1. The van der Waals surface area contributed by atoms with E-state index in [4.69, 9.17) is 0 Å². The second-order valence-corrected chi connectivity index (χ2v) is 6.03. The van der Waals surface area contributed by atoms with Gasteiger partial charge in [0.15, 0.2) is 0 Å². The first-order valence-electron chi connectivity index (χ1n) is 7.43. The minimum Gasteiger partial charge on any atom is -0.391 e. The van der Waals surface area contributed by atoms with Crippen molar-refractivity contribution in [2.24, 2.45) is 5.92 Å². The van der Waals surface area contributed by atoms with Gasteiger partial charge in [-0.05, 0) is 24.4 Å². The van der Waals surface area contributed by atoms with Crippen LogP contribution >= 0.6 is 0 Å². The van der Waals surface area contributed by atoms with Gasteiger partial charge in [0, 0.05) is 26.2 Å². The fraction of sp³-hybridized carbons (Fsp3) is 0.562. The molecule has 2 unspecified atom stereocenters. The summed E-state index contributed by atoms with van der Waals surface area (Å²) in [5.41, 5.74) is 1.35. The standard InChI is InChI=1S/C16H22N2O2/c19-15-8-16(20)18(12-15)11-14-6-7-17(10-14)9-13-4-2-1-3-5-13/h1-5,14-15,19H,6-12H2. The Morgan fingerprint density at radius 1 is 1.20 bits per heavy atom. The van der Waals surface area contributed by atoms with Crippen molar-refractivity contribution in [2.75, 3.05) is 26.2 Å². The van der Waals surface area contributed by atoms with Crippen molar-refractivity contribution >= 4 is 5.91 Å². The van der Waals surface area contributed by atoms with Gasteiger partial charge in [-0.25, -0.2) is 0 Å². The number of aliphatic hydroxyl groups is 1. The third kappa shape index (κ3) is 3.19. The Hall–Kier alpha value is -1.39. The molecule has 1 N–H and O–H groups in total. The smallest absolute Gasteiger partial charge is 0.225 e. The van der Waals surface area contributed by atoms with Gasteiger partial charge in [-0.3, -0.25) is 9.69 Å². The molecule has 1 aromatic carbocycles. The molecule has 0 aromatic heterocycles. The van der Waals surface area contributed by atoms with E-state index in [2.05, 4.69) is 29.2 Å². The number of rotatable bonds is 4. The zero-order valence-electron chi connectivity index (χ0n) is 11.7. The van der Waals surface area contributed by atoms with Crippen molar-refractivity contribution in [2.45, 2.75) is 25.5 Å². The number of nitrogens with zero attached hydrogens (tertiary/aromatic N) is 2. The fourth-order valence-corrected chi connectivity index (χ4v) is 3.29. The van der Waals surface area contributed by atoms with Crippen LogP contribution in [0, 0.1) is 5.92 Å². The molecule has 0 aliphatic carbocycles. The van der Waals surface area contributed by atoms with Crippen LogP contribution in [-0.2, 0) is 11.3 Å². The maximum Gasteiger partial charge on any atom is 0.225 e. The molecule has 0 spiro atoms. The molecule has 0 radical (unpaired) electrons. The van der Waals surface area contributed by atoms with Crippen molar-refractivity contribution in [3.63, 3.8) is 0 Å². The van der Waals surface area contributed by atoms with Crippen LogP contribution in [-0.4, -0.2) is 53.1 Å². The van der Waals surface area contributed by atoms with Crippen LogP contribution in [0.15, 0.2) is 30.3 Å². The van der Waals surface area contributed by atoms with Gasteiger partial charge in [0.05, 0.1) is 12.5 Å². The van der Waals surface area contributed by atoms with Crippen molar-refractivity contribution in [1.29, 1.82) is 0 Å². The lowest BCUT2D eigenvalue weighted by Gasteiger charge is -2.21. The third-order valence-electron chi connectivity index (χ3n) is 4.29. The minimum absolute atomic E-state index is 0.110. The molecule has 0 saturated carbocycles. The largest absolute Gasteiger partial charge is 0.391 e. The van der Waals surface area contributed by atoms with Gasteiger partial charge < -0.3 is 10.0 Å². The summed E-state index contributed by atoms with van der Waals surface area (Å²) >= 11 is 0. The van der Waals surface area contributed by atoms with E-state index in [0.29, 0.717) is 18.9 Å². The molecule has 1 aromatic rings. The van der Waals surface area contributed by atoms with Crippen molar-refractivity contribution in [3.8, 4) is 0 Å². The summed E-state index contributed by atoms with van der Waals surface area (Å²) < 4.78 is 0. The van der Waals surface area contributed by atoms with Crippen LogP contribution in [0.25, 0.3) is 0 Å². The molecule has 2 aliphatic rings. The zero-order valence-corrected chi connectivity index (χ0v) is 11.7. The third-order valence-corrected chi connectivity index (χ3v) is 4.29. The average Bonchev–Trinajstić information content (AvgIpc) is 2.98. The van der Waals surface area contributed by atoms with E-state index in [1.807, 2.05) is 11.0 Å². The molecule has 1 amide bonds. The summed E-state index contributed by atoms with van der Waals surface area (Å²) in [6.45, 7) is 4.47. The number of aliphatic hydroxyl groups excluding tert-OH is 1. The van der Waals surface area contributed by atoms with Gasteiger partial charge in [-0.15, -0.1) is 0 Å². The first-order chi connectivity index (χ1) is 9.70. The van der Waals surface area contributed by atoms with Crippen LogP contribution in [0.2, 0.25) is 0 Å². The molecule has 2 atom stereocenters. The van der Waals surface area contributed by atoms with E-state index in [1.165, 1.54) is 5.56 Å². The Balaban J connectivity index is 1.49. The lowest BCUT2D eigenvalue weighted by atomic mass is 10.1. The minimum atomic E-state index is -0.454. The first-order valence-corrected chi connectivity index (χ1v) is 7.43. The Morgan fingerprint density at radius 3 is 2.70 bits per heavy atom. The van der Waals surface area contributed by atoms with Gasteiger partial charge in [0.25, 0.3) is 0 Å². The molecule has 2 fully saturated rings. The molecule has 2 aliphatic heterocycles. The van der Waals surface area contributed by atoms with E-state index >= 15 is 0 Å². The fourth-order valence-electron chi connectivity index (χ4n) is 3.29. The Morgan fingerprint density at radius 2 is 2.00 bits per heavy atom. The van der Waals surface area contributed by atoms with Gasteiger partial charge in [0.1, 0.15) is 0 Å². The van der Waals surface area contributed by atoms with Crippen LogP contribution in [0.4, 0.5) is 0 Å². The zero-order chi connectivity index (χ0) is 13.9. The van der Waals surface area contributed by atoms with Crippen LogP contribution in [0.5, 0.6) is 0 Å². The number of benzene rings is 1. The lowest BCUT2D eigenvalue weighted by molar-refractivity contribution is -0.128. The normalized spacial score (nSPS) is 27.4. The SMILES string of the molecule is O=C1CC(O)CN1CC1CCN(Cc2ccccc2)C1. The molecule has 2 saturated heterocycles. The predicted octanol–water partition coefficient (Wildman–Crippen LogP) is 1.10. The predicted molar refractivity (Wildman–Crippen MR) is 77.0 cm³/mol. The number of amides is 1. The highest BCUT2D eigenvalue weighted by Crippen LogP contribution is 2.22. The lowest BCUT2D eigenvalue weighted by Crippen LogP contribution is -2.32. The van der Waals surface area contributed by atoms with Crippen LogP contribution in [0.1, 0.15) is 18.4 Å². The van der Waals surface area contributed by atoms with E-state index in [9.17, 15) is 9.90 Å². The molecule has 108 valence electrons. The van der Waals surface area contributed by atoms with E-state index in [0.717, 1.165) is 32.6 Å². The van der Waals surface area contributed by atoms with Crippen molar-refractivity contribution in [1.82, 2.24) is 9.80 Å². The van der Waals surface area contributed by atoms with Crippen molar-refractivity contribution in [3.05, 3.63) is 35.9 Å². The average molecular weight is 274 g/mol. The van der Waals surface area contributed by atoms with Crippen molar-refractivity contribution < 1.29 is 9.90 Å². The van der Waals surface area contributed by atoms with Crippen LogP contribution < -0.4 is 0 Å². The monoisotopic (exact) mass is 274 g/mol. The van der Waals surface area contributed by atoms with Gasteiger partial charge in [0.2, 0.25) is 5.91 Å². The maximum absolute atomic E-state index is 11.7. The van der Waals surface area contributed by atoms with Gasteiger partial charge in [-0.2, -0.15) is 0 Å². The summed E-state index contributed by atoms with van der Waals surface area (Å²) in [5, 5.41) is 9.52. The molecular formula is C16H22N2O2. The van der Waals surface area contributed by atoms with E-state index < -0.39 is 6.10 Å². The highest BCUT2D eigenvalue weighted by Gasteiger charge is 2.31. The quantitative estimate of drug-likeness (QED) is 0.894. The topological polar surface area (TPSA) is 43.8 Å². The van der Waals surface area contributed by atoms with E-state index in [1.54, 1.807) is 0 Å².